The summed E-state index contributed by atoms with van der Waals surface area (Å²) in [6.07, 6.45) is 1.55. The van der Waals surface area contributed by atoms with E-state index in [0.717, 1.165) is 6.42 Å². The van der Waals surface area contributed by atoms with Gasteiger partial charge in [0.2, 0.25) is 11.8 Å². The molecule has 0 aromatic rings. The fourth-order valence-electron chi connectivity index (χ4n) is 2.31. The van der Waals surface area contributed by atoms with Crippen LogP contribution in [0.15, 0.2) is 0 Å². The molecular weight excluding hydrogens is 216 g/mol. The topological polar surface area (TPSA) is 49.4 Å². The zero-order valence-corrected chi connectivity index (χ0v) is 11.5. The van der Waals surface area contributed by atoms with E-state index >= 15 is 0 Å². The van der Waals surface area contributed by atoms with E-state index < -0.39 is 0 Å². The first-order valence-electron chi connectivity index (χ1n) is 6.56. The monoisotopic (exact) mass is 240 g/mol. The molecule has 4 heteroatoms. The number of carbonyl (C=O) groups excluding carboxylic acids is 2. The van der Waals surface area contributed by atoms with E-state index in [1.54, 1.807) is 4.90 Å². The number of nitrogens with one attached hydrogen (secondary N) is 1. The van der Waals surface area contributed by atoms with E-state index in [1.165, 1.54) is 0 Å². The van der Waals surface area contributed by atoms with Gasteiger partial charge in [-0.25, -0.2) is 0 Å². The maximum absolute atomic E-state index is 12.4. The highest BCUT2D eigenvalue weighted by Gasteiger charge is 2.42. The molecule has 1 N–H and O–H groups in total. The quantitative estimate of drug-likeness (QED) is 0.810. The van der Waals surface area contributed by atoms with Crippen molar-refractivity contribution < 1.29 is 9.59 Å². The van der Waals surface area contributed by atoms with Crippen LogP contribution in [0.25, 0.3) is 0 Å². The first-order valence-corrected chi connectivity index (χ1v) is 6.56. The molecule has 0 radical (unpaired) electrons. The molecule has 0 aromatic heterocycles. The van der Waals surface area contributed by atoms with Gasteiger partial charge in [0.05, 0.1) is 0 Å². The zero-order valence-electron chi connectivity index (χ0n) is 11.5. The molecule has 4 nitrogen and oxygen atoms in total. The lowest BCUT2D eigenvalue weighted by atomic mass is 9.95. The van der Waals surface area contributed by atoms with Gasteiger partial charge in [-0.15, -0.1) is 0 Å². The largest absolute Gasteiger partial charge is 0.342 e. The zero-order chi connectivity index (χ0) is 13.2. The highest BCUT2D eigenvalue weighted by Crippen LogP contribution is 2.21. The lowest BCUT2D eigenvalue weighted by Crippen LogP contribution is -2.66. The summed E-state index contributed by atoms with van der Waals surface area (Å²) in [5.74, 6) is 0.197. The van der Waals surface area contributed by atoms with Crippen LogP contribution in [-0.2, 0) is 9.59 Å². The fourth-order valence-corrected chi connectivity index (χ4v) is 2.31. The number of rotatable bonds is 4. The maximum atomic E-state index is 12.4. The van der Waals surface area contributed by atoms with Gasteiger partial charge in [0.25, 0.3) is 0 Å². The second-order valence-corrected chi connectivity index (χ2v) is 5.16. The Morgan fingerprint density at radius 3 is 2.24 bits per heavy atom. The van der Waals surface area contributed by atoms with Crippen molar-refractivity contribution in [2.45, 2.75) is 65.6 Å². The molecule has 98 valence electrons. The Morgan fingerprint density at radius 1 is 1.24 bits per heavy atom. The van der Waals surface area contributed by atoms with Crippen LogP contribution in [0, 0.1) is 5.92 Å². The van der Waals surface area contributed by atoms with E-state index in [2.05, 4.69) is 5.32 Å². The van der Waals surface area contributed by atoms with Crippen LogP contribution in [0.2, 0.25) is 0 Å². The number of nitrogens with zero attached hydrogens (tertiary/aromatic N) is 1. The summed E-state index contributed by atoms with van der Waals surface area (Å²) in [5, 5.41) is 2.85. The third-order valence-corrected chi connectivity index (χ3v) is 3.58. The van der Waals surface area contributed by atoms with Crippen LogP contribution in [0.5, 0.6) is 0 Å². The normalized spacial score (nSPS) is 27.3. The minimum Gasteiger partial charge on any atom is -0.342 e. The second-order valence-electron chi connectivity index (χ2n) is 5.16. The van der Waals surface area contributed by atoms with Crippen molar-refractivity contribution in [2.24, 2.45) is 5.92 Å². The lowest BCUT2D eigenvalue weighted by molar-refractivity contribution is -0.153. The fraction of sp³-hybridized carbons (Fsp3) is 0.846. The number of hydrogen-bond acceptors (Lipinski definition) is 2. The third-order valence-electron chi connectivity index (χ3n) is 3.58. The first kappa shape index (κ1) is 14.0. The van der Waals surface area contributed by atoms with Gasteiger partial charge >= 0.3 is 0 Å². The highest BCUT2D eigenvalue weighted by molar-refractivity contribution is 5.97. The molecule has 0 aliphatic carbocycles. The van der Waals surface area contributed by atoms with Crippen molar-refractivity contribution in [1.29, 1.82) is 0 Å². The van der Waals surface area contributed by atoms with Crippen LogP contribution in [0.3, 0.4) is 0 Å². The lowest BCUT2D eigenvalue weighted by Gasteiger charge is -2.43. The summed E-state index contributed by atoms with van der Waals surface area (Å²) >= 11 is 0. The summed E-state index contributed by atoms with van der Waals surface area (Å²) < 4.78 is 0. The molecular formula is C13H24N2O2. The van der Waals surface area contributed by atoms with Crippen molar-refractivity contribution in [3.63, 3.8) is 0 Å². The van der Waals surface area contributed by atoms with Crippen LogP contribution in [-0.4, -0.2) is 34.8 Å². The molecule has 1 saturated heterocycles. The summed E-state index contributed by atoms with van der Waals surface area (Å²) in [4.78, 5) is 26.2. The Hall–Kier alpha value is -1.06. The number of amides is 2. The molecule has 1 aliphatic rings. The molecule has 0 saturated carbocycles. The average Bonchev–Trinajstić information content (AvgIpc) is 2.29. The van der Waals surface area contributed by atoms with Crippen molar-refractivity contribution in [3.8, 4) is 0 Å². The molecule has 3 atom stereocenters. The minimum absolute atomic E-state index is 0.00824. The van der Waals surface area contributed by atoms with Crippen molar-refractivity contribution >= 4 is 11.8 Å². The van der Waals surface area contributed by atoms with Crippen LogP contribution in [0.1, 0.15) is 47.5 Å². The Labute approximate surface area is 104 Å². The molecule has 0 aromatic carbocycles. The van der Waals surface area contributed by atoms with Crippen LogP contribution < -0.4 is 5.32 Å². The summed E-state index contributed by atoms with van der Waals surface area (Å²) in [5.41, 5.74) is 0. The molecule has 1 aliphatic heterocycles. The minimum atomic E-state index is -0.362. The summed E-state index contributed by atoms with van der Waals surface area (Å²) in [6.45, 7) is 9.93. The number of hydrogen-bond donors (Lipinski definition) is 1. The van der Waals surface area contributed by atoms with Gasteiger partial charge in [-0.2, -0.15) is 0 Å². The van der Waals surface area contributed by atoms with Gasteiger partial charge in [0.15, 0.2) is 0 Å². The Balaban J connectivity index is 3.00. The van der Waals surface area contributed by atoms with E-state index in [-0.39, 0.29) is 35.9 Å². The van der Waals surface area contributed by atoms with Crippen molar-refractivity contribution in [3.05, 3.63) is 0 Å². The molecule has 0 spiro atoms. The van der Waals surface area contributed by atoms with Gasteiger partial charge < -0.3 is 10.2 Å². The molecule has 1 fully saturated rings. The van der Waals surface area contributed by atoms with Crippen LogP contribution in [0.4, 0.5) is 0 Å². The molecule has 1 rings (SSSR count). The van der Waals surface area contributed by atoms with E-state index in [0.29, 0.717) is 6.42 Å². The second kappa shape index (κ2) is 5.52. The SMILES string of the molecule is CCC(C)N1C(=O)C(C(C)C)NC(=O)C1CC. The molecule has 2 amide bonds. The first-order chi connectivity index (χ1) is 7.93. The van der Waals surface area contributed by atoms with Gasteiger partial charge in [0, 0.05) is 6.04 Å². The van der Waals surface area contributed by atoms with Crippen molar-refractivity contribution in [2.75, 3.05) is 0 Å². The average molecular weight is 240 g/mol. The van der Waals surface area contributed by atoms with Gasteiger partial charge in [-0.1, -0.05) is 27.7 Å². The molecule has 3 unspecified atom stereocenters. The Morgan fingerprint density at radius 2 is 1.82 bits per heavy atom. The van der Waals surface area contributed by atoms with Crippen molar-refractivity contribution in [1.82, 2.24) is 10.2 Å². The summed E-state index contributed by atoms with van der Waals surface area (Å²) in [6, 6.07) is -0.536. The number of carbonyl (C=O) groups is 2. The van der Waals surface area contributed by atoms with Gasteiger partial charge in [-0.05, 0) is 25.7 Å². The molecule has 1 heterocycles. The van der Waals surface area contributed by atoms with Gasteiger partial charge in [0.1, 0.15) is 12.1 Å². The predicted molar refractivity (Wildman–Crippen MR) is 67.4 cm³/mol. The third kappa shape index (κ3) is 2.61. The van der Waals surface area contributed by atoms with Gasteiger partial charge in [-0.3, -0.25) is 9.59 Å². The molecule has 17 heavy (non-hydrogen) atoms. The number of piperazine rings is 1. The highest BCUT2D eigenvalue weighted by atomic mass is 16.2. The van der Waals surface area contributed by atoms with E-state index in [9.17, 15) is 9.59 Å². The summed E-state index contributed by atoms with van der Waals surface area (Å²) in [7, 11) is 0. The Kier molecular flexibility index (Phi) is 4.54. The standard InChI is InChI=1S/C13H24N2O2/c1-6-9(5)15-10(7-2)12(16)14-11(8(3)4)13(15)17/h8-11H,6-7H2,1-5H3,(H,14,16). The van der Waals surface area contributed by atoms with Crippen LogP contribution >= 0.6 is 0 Å². The predicted octanol–water partition coefficient (Wildman–Crippen LogP) is 1.55. The van der Waals surface area contributed by atoms with E-state index in [4.69, 9.17) is 0 Å². The maximum Gasteiger partial charge on any atom is 0.246 e. The Bertz CT molecular complexity index is 302. The molecule has 0 bridgehead atoms. The smallest absolute Gasteiger partial charge is 0.246 e. The van der Waals surface area contributed by atoms with E-state index in [1.807, 2.05) is 34.6 Å².